The lowest BCUT2D eigenvalue weighted by Crippen LogP contribution is -2.27. The van der Waals surface area contributed by atoms with Crippen LogP contribution in [0.4, 0.5) is 5.82 Å². The minimum absolute atomic E-state index is 0.159. The Kier molecular flexibility index (Phi) is 4.84. The number of hydrogen-bond donors (Lipinski definition) is 2. The summed E-state index contributed by atoms with van der Waals surface area (Å²) >= 11 is 1.46. The minimum atomic E-state index is -0.169. The van der Waals surface area contributed by atoms with E-state index in [1.54, 1.807) is 17.6 Å². The van der Waals surface area contributed by atoms with Crippen molar-refractivity contribution in [1.82, 2.24) is 10.3 Å². The molecule has 0 fully saturated rings. The molecule has 0 saturated carbocycles. The molecule has 0 spiro atoms. The number of aromatic nitrogens is 1. The van der Waals surface area contributed by atoms with E-state index in [0.29, 0.717) is 17.9 Å². The molecule has 0 saturated heterocycles. The maximum absolute atomic E-state index is 11.7. The average molecular weight is 289 g/mol. The Morgan fingerprint density at radius 2 is 2.20 bits per heavy atom. The molecule has 2 heterocycles. The smallest absolute Gasteiger partial charge is 0.252 e. The highest BCUT2D eigenvalue weighted by Gasteiger charge is 2.08. The fraction of sp³-hybridized carbons (Fsp3) is 0.214. The second kappa shape index (κ2) is 6.81. The number of aryl methyl sites for hydroxylation is 1. The molecule has 2 rings (SSSR count). The van der Waals surface area contributed by atoms with Crippen LogP contribution in [0.15, 0.2) is 35.2 Å². The zero-order chi connectivity index (χ0) is 14.4. The second-order valence-corrected chi connectivity index (χ2v) is 5.02. The SMILES string of the molecule is Cc1cccnc1NC(=O)CCNC(=O)c1ccsc1. The molecule has 0 bridgehead atoms. The Balaban J connectivity index is 1.76. The van der Waals surface area contributed by atoms with E-state index >= 15 is 0 Å². The zero-order valence-electron chi connectivity index (χ0n) is 11.1. The van der Waals surface area contributed by atoms with Gasteiger partial charge in [-0.05, 0) is 30.0 Å². The van der Waals surface area contributed by atoms with E-state index in [0.717, 1.165) is 5.56 Å². The van der Waals surface area contributed by atoms with Gasteiger partial charge in [0.2, 0.25) is 5.91 Å². The van der Waals surface area contributed by atoms with Crippen LogP contribution in [0, 0.1) is 6.92 Å². The molecule has 2 N–H and O–H groups in total. The lowest BCUT2D eigenvalue weighted by atomic mass is 10.3. The molecule has 20 heavy (non-hydrogen) atoms. The number of pyridine rings is 1. The maximum atomic E-state index is 11.7. The molecule has 0 atom stereocenters. The topological polar surface area (TPSA) is 71.1 Å². The number of nitrogens with zero attached hydrogens (tertiary/aromatic N) is 1. The quantitative estimate of drug-likeness (QED) is 0.886. The maximum Gasteiger partial charge on any atom is 0.252 e. The van der Waals surface area contributed by atoms with Crippen LogP contribution in [0.25, 0.3) is 0 Å². The van der Waals surface area contributed by atoms with Crippen LogP contribution < -0.4 is 10.6 Å². The predicted molar refractivity (Wildman–Crippen MR) is 78.9 cm³/mol. The van der Waals surface area contributed by atoms with Gasteiger partial charge in [-0.25, -0.2) is 4.98 Å². The van der Waals surface area contributed by atoms with Gasteiger partial charge in [-0.1, -0.05) is 6.07 Å². The first kappa shape index (κ1) is 14.2. The van der Waals surface area contributed by atoms with Crippen molar-refractivity contribution in [2.45, 2.75) is 13.3 Å². The van der Waals surface area contributed by atoms with E-state index in [4.69, 9.17) is 0 Å². The third-order valence-corrected chi connectivity index (χ3v) is 3.37. The normalized spacial score (nSPS) is 10.1. The van der Waals surface area contributed by atoms with Crippen LogP contribution in [-0.4, -0.2) is 23.3 Å². The summed E-state index contributed by atoms with van der Waals surface area (Å²) in [6.07, 6.45) is 1.84. The van der Waals surface area contributed by atoms with Crippen LogP contribution in [0.3, 0.4) is 0 Å². The highest BCUT2D eigenvalue weighted by atomic mass is 32.1. The molecule has 0 aromatic carbocycles. The van der Waals surface area contributed by atoms with Gasteiger partial charge in [0.15, 0.2) is 0 Å². The molecule has 0 aliphatic carbocycles. The summed E-state index contributed by atoms with van der Waals surface area (Å²) < 4.78 is 0. The monoisotopic (exact) mass is 289 g/mol. The molecule has 2 aromatic heterocycles. The first-order valence-corrected chi connectivity index (χ1v) is 7.13. The van der Waals surface area contributed by atoms with Crippen molar-refractivity contribution in [1.29, 1.82) is 0 Å². The number of rotatable bonds is 5. The summed E-state index contributed by atoms with van der Waals surface area (Å²) in [4.78, 5) is 27.5. The van der Waals surface area contributed by atoms with Crippen molar-refractivity contribution in [3.8, 4) is 0 Å². The van der Waals surface area contributed by atoms with Crippen LogP contribution in [0.2, 0.25) is 0 Å². The largest absolute Gasteiger partial charge is 0.351 e. The lowest BCUT2D eigenvalue weighted by molar-refractivity contribution is -0.116. The standard InChI is InChI=1S/C14H15N3O2S/c1-10-3-2-6-15-13(10)17-12(18)4-7-16-14(19)11-5-8-20-9-11/h2-3,5-6,8-9H,4,7H2,1H3,(H,16,19)(H,15,17,18). The van der Waals surface area contributed by atoms with Crippen molar-refractivity contribution in [3.05, 3.63) is 46.3 Å². The molecule has 0 unspecified atom stereocenters. The number of amides is 2. The van der Waals surface area contributed by atoms with Gasteiger partial charge in [0.05, 0.1) is 0 Å². The van der Waals surface area contributed by atoms with Gasteiger partial charge >= 0.3 is 0 Å². The van der Waals surface area contributed by atoms with E-state index in [-0.39, 0.29) is 18.2 Å². The van der Waals surface area contributed by atoms with Crippen molar-refractivity contribution in [2.75, 3.05) is 11.9 Å². The van der Waals surface area contributed by atoms with Crippen LogP contribution in [0.5, 0.6) is 0 Å². The molecule has 0 aliphatic rings. The molecule has 6 heteroatoms. The Morgan fingerprint density at radius 1 is 1.35 bits per heavy atom. The number of nitrogens with one attached hydrogen (secondary N) is 2. The third kappa shape index (κ3) is 3.89. The van der Waals surface area contributed by atoms with Crippen LogP contribution >= 0.6 is 11.3 Å². The summed E-state index contributed by atoms with van der Waals surface area (Å²) in [5.74, 6) is 0.229. The molecule has 0 aliphatic heterocycles. The number of carbonyl (C=O) groups is 2. The Morgan fingerprint density at radius 3 is 2.90 bits per heavy atom. The summed E-state index contributed by atoms with van der Waals surface area (Å²) in [7, 11) is 0. The van der Waals surface area contributed by atoms with Gasteiger partial charge in [-0.2, -0.15) is 11.3 Å². The van der Waals surface area contributed by atoms with Gasteiger partial charge in [0, 0.05) is 30.1 Å². The van der Waals surface area contributed by atoms with Crippen LogP contribution in [0.1, 0.15) is 22.3 Å². The van der Waals surface area contributed by atoms with Crippen molar-refractivity contribution in [3.63, 3.8) is 0 Å². The molecule has 2 aromatic rings. The van der Waals surface area contributed by atoms with E-state index in [2.05, 4.69) is 15.6 Å². The molecule has 5 nitrogen and oxygen atoms in total. The summed E-state index contributed by atoms with van der Waals surface area (Å²) in [5, 5.41) is 9.03. The van der Waals surface area contributed by atoms with Gasteiger partial charge < -0.3 is 10.6 Å². The van der Waals surface area contributed by atoms with E-state index in [9.17, 15) is 9.59 Å². The van der Waals surface area contributed by atoms with Crippen molar-refractivity contribution < 1.29 is 9.59 Å². The van der Waals surface area contributed by atoms with Crippen LogP contribution in [-0.2, 0) is 4.79 Å². The second-order valence-electron chi connectivity index (χ2n) is 4.24. The first-order chi connectivity index (χ1) is 9.66. The molecular weight excluding hydrogens is 274 g/mol. The molecular formula is C14H15N3O2S. The highest BCUT2D eigenvalue weighted by molar-refractivity contribution is 7.08. The minimum Gasteiger partial charge on any atom is -0.351 e. The highest BCUT2D eigenvalue weighted by Crippen LogP contribution is 2.09. The van der Waals surface area contributed by atoms with Gasteiger partial charge in [-0.3, -0.25) is 9.59 Å². The van der Waals surface area contributed by atoms with Gasteiger partial charge in [0.1, 0.15) is 5.82 Å². The fourth-order valence-electron chi connectivity index (χ4n) is 1.60. The predicted octanol–water partition coefficient (Wildman–Crippen LogP) is 2.21. The zero-order valence-corrected chi connectivity index (χ0v) is 11.9. The molecule has 0 radical (unpaired) electrons. The fourth-order valence-corrected chi connectivity index (χ4v) is 2.23. The van der Waals surface area contributed by atoms with E-state index < -0.39 is 0 Å². The van der Waals surface area contributed by atoms with Gasteiger partial charge in [0.25, 0.3) is 5.91 Å². The first-order valence-electron chi connectivity index (χ1n) is 6.18. The summed E-state index contributed by atoms with van der Waals surface area (Å²) in [5.41, 5.74) is 1.53. The Labute approximate surface area is 121 Å². The van der Waals surface area contributed by atoms with Crippen molar-refractivity contribution in [2.24, 2.45) is 0 Å². The number of thiophene rings is 1. The molecule has 2 amide bonds. The van der Waals surface area contributed by atoms with Crippen molar-refractivity contribution >= 4 is 29.0 Å². The average Bonchev–Trinajstić information content (AvgIpc) is 2.95. The Hall–Kier alpha value is -2.21. The third-order valence-electron chi connectivity index (χ3n) is 2.69. The summed E-state index contributed by atoms with van der Waals surface area (Å²) in [6.45, 7) is 2.17. The Bertz CT molecular complexity index is 596. The van der Waals surface area contributed by atoms with Gasteiger partial charge in [-0.15, -0.1) is 0 Å². The number of anilines is 1. The van der Waals surface area contributed by atoms with E-state index in [1.807, 2.05) is 24.4 Å². The number of carbonyl (C=O) groups excluding carboxylic acids is 2. The summed E-state index contributed by atoms with van der Waals surface area (Å²) in [6, 6.07) is 5.43. The van der Waals surface area contributed by atoms with E-state index in [1.165, 1.54) is 11.3 Å². The lowest BCUT2D eigenvalue weighted by Gasteiger charge is -2.07. The molecule has 104 valence electrons. The number of hydrogen-bond acceptors (Lipinski definition) is 4.